The van der Waals surface area contributed by atoms with Gasteiger partial charge in [0.05, 0.1) is 17.4 Å². The molecular formula is C19H23N3. The van der Waals surface area contributed by atoms with Gasteiger partial charge in [-0.05, 0) is 29.7 Å². The molecule has 0 amide bonds. The first kappa shape index (κ1) is 13.6. The van der Waals surface area contributed by atoms with E-state index in [0.717, 1.165) is 19.5 Å². The Morgan fingerprint density at radius 2 is 2.05 bits per heavy atom. The number of nitrogens with zero attached hydrogens (tertiary/aromatic N) is 1. The molecule has 0 fully saturated rings. The Hall–Kier alpha value is -2.00. The summed E-state index contributed by atoms with van der Waals surface area (Å²) >= 11 is 0. The summed E-state index contributed by atoms with van der Waals surface area (Å²) in [5, 5.41) is 7.35. The van der Waals surface area contributed by atoms with Crippen LogP contribution in [-0.2, 0) is 6.42 Å². The Labute approximate surface area is 132 Å². The van der Waals surface area contributed by atoms with Gasteiger partial charge in [-0.2, -0.15) is 0 Å². The maximum absolute atomic E-state index is 3.76. The summed E-state index contributed by atoms with van der Waals surface area (Å²) in [6, 6.07) is 16.2. The zero-order valence-electron chi connectivity index (χ0n) is 13.3. The van der Waals surface area contributed by atoms with Crippen molar-refractivity contribution in [2.24, 2.45) is 0 Å². The van der Waals surface area contributed by atoms with Crippen LogP contribution in [0.1, 0.15) is 31.0 Å². The lowest BCUT2D eigenvalue weighted by atomic mass is 10.0. The Bertz CT molecular complexity index is 693. The minimum atomic E-state index is 0.307. The van der Waals surface area contributed by atoms with Gasteiger partial charge in [0.15, 0.2) is 0 Å². The van der Waals surface area contributed by atoms with Gasteiger partial charge < -0.3 is 15.5 Å². The van der Waals surface area contributed by atoms with E-state index in [2.05, 4.69) is 71.8 Å². The van der Waals surface area contributed by atoms with Crippen molar-refractivity contribution in [3.63, 3.8) is 0 Å². The van der Waals surface area contributed by atoms with Crippen LogP contribution >= 0.6 is 0 Å². The molecule has 2 N–H and O–H groups in total. The fourth-order valence-electron chi connectivity index (χ4n) is 3.62. The maximum Gasteiger partial charge on any atom is 0.0659 e. The fraction of sp³-hybridized carbons (Fsp3) is 0.368. The summed E-state index contributed by atoms with van der Waals surface area (Å²) in [5.74, 6) is 0. The highest BCUT2D eigenvalue weighted by atomic mass is 15.2. The van der Waals surface area contributed by atoms with Crippen molar-refractivity contribution in [1.82, 2.24) is 5.32 Å². The zero-order chi connectivity index (χ0) is 15.1. The van der Waals surface area contributed by atoms with Gasteiger partial charge in [0.2, 0.25) is 0 Å². The molecule has 0 spiro atoms. The van der Waals surface area contributed by atoms with Crippen molar-refractivity contribution in [2.75, 3.05) is 23.3 Å². The quantitative estimate of drug-likeness (QED) is 0.900. The summed E-state index contributed by atoms with van der Waals surface area (Å²) in [6.45, 7) is 6.42. The van der Waals surface area contributed by atoms with Gasteiger partial charge in [-0.15, -0.1) is 0 Å². The van der Waals surface area contributed by atoms with E-state index in [1.165, 1.54) is 28.2 Å². The smallest absolute Gasteiger partial charge is 0.0659 e. The third-order valence-corrected chi connectivity index (χ3v) is 4.66. The van der Waals surface area contributed by atoms with Gasteiger partial charge in [-0.3, -0.25) is 0 Å². The fourth-order valence-corrected chi connectivity index (χ4v) is 3.62. The largest absolute Gasteiger partial charge is 0.375 e. The first-order chi connectivity index (χ1) is 10.7. The molecular weight excluding hydrogens is 270 g/mol. The number of benzene rings is 2. The molecule has 2 aliphatic rings. The summed E-state index contributed by atoms with van der Waals surface area (Å²) < 4.78 is 0. The van der Waals surface area contributed by atoms with Gasteiger partial charge in [0, 0.05) is 24.8 Å². The molecule has 4 rings (SSSR count). The second-order valence-corrected chi connectivity index (χ2v) is 6.53. The van der Waals surface area contributed by atoms with Gasteiger partial charge in [-0.1, -0.05) is 44.2 Å². The highest BCUT2D eigenvalue weighted by molar-refractivity contribution is 5.84. The van der Waals surface area contributed by atoms with E-state index in [1.807, 2.05) is 0 Å². The number of fused-ring (bicyclic) bond motifs is 2. The lowest BCUT2D eigenvalue weighted by molar-refractivity contribution is 0.554. The Kier molecular flexibility index (Phi) is 3.30. The molecule has 0 saturated heterocycles. The van der Waals surface area contributed by atoms with E-state index >= 15 is 0 Å². The minimum Gasteiger partial charge on any atom is -0.375 e. The van der Waals surface area contributed by atoms with E-state index in [1.54, 1.807) is 0 Å². The topological polar surface area (TPSA) is 27.3 Å². The molecule has 1 unspecified atom stereocenters. The van der Waals surface area contributed by atoms with Crippen molar-refractivity contribution < 1.29 is 0 Å². The standard InChI is InChI=1S/C19H23N3/c1-13(2)20-12-17-15-7-5-6-14-10-11-22(19(14)15)18-9-4-3-8-16(18)21-17/h3-9,13,17,20-21H,10-12H2,1-2H3. The average Bonchev–Trinajstić information content (AvgIpc) is 2.89. The van der Waals surface area contributed by atoms with Crippen LogP contribution in [0.2, 0.25) is 0 Å². The molecule has 3 heteroatoms. The maximum atomic E-state index is 3.76. The molecule has 2 aromatic rings. The number of para-hydroxylation sites is 3. The van der Waals surface area contributed by atoms with E-state index in [-0.39, 0.29) is 0 Å². The second kappa shape index (κ2) is 5.33. The van der Waals surface area contributed by atoms with E-state index in [4.69, 9.17) is 0 Å². The Balaban J connectivity index is 1.83. The normalized spacial score (nSPS) is 18.7. The van der Waals surface area contributed by atoms with Crippen LogP contribution in [-0.4, -0.2) is 19.1 Å². The number of anilines is 3. The van der Waals surface area contributed by atoms with E-state index in [9.17, 15) is 0 Å². The highest BCUT2D eigenvalue weighted by Gasteiger charge is 2.31. The molecule has 1 atom stereocenters. The van der Waals surface area contributed by atoms with Crippen LogP contribution in [0.3, 0.4) is 0 Å². The minimum absolute atomic E-state index is 0.307. The molecule has 114 valence electrons. The van der Waals surface area contributed by atoms with Crippen LogP contribution in [0.15, 0.2) is 42.5 Å². The van der Waals surface area contributed by atoms with Crippen LogP contribution in [0.5, 0.6) is 0 Å². The van der Waals surface area contributed by atoms with Crippen LogP contribution in [0.25, 0.3) is 0 Å². The average molecular weight is 293 g/mol. The predicted octanol–water partition coefficient (Wildman–Crippen LogP) is 3.85. The first-order valence-electron chi connectivity index (χ1n) is 8.22. The lowest BCUT2D eigenvalue weighted by Gasteiger charge is -2.22. The first-order valence-corrected chi connectivity index (χ1v) is 8.22. The van der Waals surface area contributed by atoms with Gasteiger partial charge in [0.25, 0.3) is 0 Å². The Morgan fingerprint density at radius 1 is 1.18 bits per heavy atom. The van der Waals surface area contributed by atoms with Crippen molar-refractivity contribution in [3.8, 4) is 0 Å². The van der Waals surface area contributed by atoms with Crippen molar-refractivity contribution in [2.45, 2.75) is 32.4 Å². The monoisotopic (exact) mass is 293 g/mol. The molecule has 0 aliphatic carbocycles. The zero-order valence-corrected chi connectivity index (χ0v) is 13.3. The van der Waals surface area contributed by atoms with Crippen LogP contribution < -0.4 is 15.5 Å². The molecule has 0 saturated carbocycles. The number of hydrogen-bond donors (Lipinski definition) is 2. The van der Waals surface area contributed by atoms with Gasteiger partial charge >= 0.3 is 0 Å². The van der Waals surface area contributed by atoms with E-state index in [0.29, 0.717) is 12.1 Å². The SMILES string of the molecule is CC(C)NCC1Nc2ccccc2N2CCc3cccc1c32. The molecule has 3 nitrogen and oxygen atoms in total. The third-order valence-electron chi connectivity index (χ3n) is 4.66. The van der Waals surface area contributed by atoms with Gasteiger partial charge in [-0.25, -0.2) is 0 Å². The van der Waals surface area contributed by atoms with Crippen molar-refractivity contribution >= 4 is 17.1 Å². The van der Waals surface area contributed by atoms with Crippen molar-refractivity contribution in [3.05, 3.63) is 53.6 Å². The predicted molar refractivity (Wildman–Crippen MR) is 93.1 cm³/mol. The van der Waals surface area contributed by atoms with Crippen molar-refractivity contribution in [1.29, 1.82) is 0 Å². The summed E-state index contributed by atoms with van der Waals surface area (Å²) in [5.41, 5.74) is 6.86. The molecule has 2 heterocycles. The molecule has 2 aromatic carbocycles. The molecule has 22 heavy (non-hydrogen) atoms. The summed E-state index contributed by atoms with van der Waals surface area (Å²) in [4.78, 5) is 2.49. The number of rotatable bonds is 3. The second-order valence-electron chi connectivity index (χ2n) is 6.53. The van der Waals surface area contributed by atoms with E-state index < -0.39 is 0 Å². The van der Waals surface area contributed by atoms with Gasteiger partial charge in [0.1, 0.15) is 0 Å². The Morgan fingerprint density at radius 3 is 2.91 bits per heavy atom. The molecule has 0 aromatic heterocycles. The molecule has 2 aliphatic heterocycles. The van der Waals surface area contributed by atoms with Crippen LogP contribution in [0.4, 0.5) is 17.1 Å². The van der Waals surface area contributed by atoms with Crippen LogP contribution in [0, 0.1) is 0 Å². The third kappa shape index (κ3) is 2.17. The number of nitrogens with one attached hydrogen (secondary N) is 2. The highest BCUT2D eigenvalue weighted by Crippen LogP contribution is 2.46. The lowest BCUT2D eigenvalue weighted by Crippen LogP contribution is -2.31. The summed E-state index contributed by atoms with van der Waals surface area (Å²) in [6.07, 6.45) is 1.14. The molecule has 0 bridgehead atoms. The molecule has 0 radical (unpaired) electrons. The summed E-state index contributed by atoms with van der Waals surface area (Å²) in [7, 11) is 0. The number of hydrogen-bond acceptors (Lipinski definition) is 3.